The molecule has 1 saturated heterocycles. The van der Waals surface area contributed by atoms with Crippen LogP contribution in [-0.4, -0.2) is 41.6 Å². The zero-order chi connectivity index (χ0) is 15.4. The molecule has 0 bridgehead atoms. The minimum atomic E-state index is -0.229. The molecule has 0 spiro atoms. The Morgan fingerprint density at radius 3 is 2.86 bits per heavy atom. The van der Waals surface area contributed by atoms with Gasteiger partial charge in [-0.25, -0.2) is 0 Å². The van der Waals surface area contributed by atoms with Crippen molar-refractivity contribution < 1.29 is 18.8 Å². The molecule has 2 heterocycles. The van der Waals surface area contributed by atoms with Crippen LogP contribution in [0.3, 0.4) is 0 Å². The summed E-state index contributed by atoms with van der Waals surface area (Å²) >= 11 is 0. The fourth-order valence-corrected chi connectivity index (χ4v) is 2.71. The fourth-order valence-electron chi connectivity index (χ4n) is 2.71. The third-order valence-corrected chi connectivity index (χ3v) is 3.81. The van der Waals surface area contributed by atoms with E-state index in [2.05, 4.69) is 5.16 Å². The van der Waals surface area contributed by atoms with Gasteiger partial charge in [-0.1, -0.05) is 12.1 Å². The number of esters is 1. The van der Waals surface area contributed by atoms with Crippen molar-refractivity contribution in [3.8, 4) is 0 Å². The number of likely N-dealkylation sites (tertiary alicyclic amines) is 1. The fraction of sp³-hybridized carbons (Fsp3) is 0.667. The molecule has 0 aliphatic carbocycles. The SMILES string of the molecule is CCOC(=O)C1CCCN(C(=O)c2c(CC)noc2C)C1. The molecule has 1 atom stereocenters. The Kier molecular flexibility index (Phi) is 4.98. The van der Waals surface area contributed by atoms with E-state index in [0.29, 0.717) is 43.1 Å². The van der Waals surface area contributed by atoms with E-state index in [9.17, 15) is 9.59 Å². The molecule has 116 valence electrons. The molecule has 0 saturated carbocycles. The molecule has 6 heteroatoms. The van der Waals surface area contributed by atoms with Gasteiger partial charge in [-0.05, 0) is 33.1 Å². The van der Waals surface area contributed by atoms with Gasteiger partial charge in [0.2, 0.25) is 0 Å². The van der Waals surface area contributed by atoms with Crippen LogP contribution in [0.4, 0.5) is 0 Å². The highest BCUT2D eigenvalue weighted by Crippen LogP contribution is 2.23. The lowest BCUT2D eigenvalue weighted by Gasteiger charge is -2.31. The first kappa shape index (κ1) is 15.5. The van der Waals surface area contributed by atoms with Crippen LogP contribution in [0.5, 0.6) is 0 Å². The quantitative estimate of drug-likeness (QED) is 0.794. The topological polar surface area (TPSA) is 72.6 Å². The molecule has 1 aliphatic heterocycles. The lowest BCUT2D eigenvalue weighted by molar-refractivity contribution is -0.149. The summed E-state index contributed by atoms with van der Waals surface area (Å²) in [5.41, 5.74) is 1.22. The van der Waals surface area contributed by atoms with Crippen LogP contribution in [0, 0.1) is 12.8 Å². The smallest absolute Gasteiger partial charge is 0.310 e. The van der Waals surface area contributed by atoms with E-state index in [4.69, 9.17) is 9.26 Å². The average Bonchev–Trinajstić information content (AvgIpc) is 2.87. The standard InChI is InChI=1S/C15H22N2O4/c1-4-12-13(10(3)21-16-12)14(18)17-8-6-7-11(9-17)15(19)20-5-2/h11H,4-9H2,1-3H3. The van der Waals surface area contributed by atoms with Crippen molar-refractivity contribution in [2.45, 2.75) is 40.0 Å². The van der Waals surface area contributed by atoms with E-state index >= 15 is 0 Å². The Bertz CT molecular complexity index is 524. The Morgan fingerprint density at radius 1 is 1.43 bits per heavy atom. The molecule has 1 unspecified atom stereocenters. The maximum Gasteiger partial charge on any atom is 0.310 e. The highest BCUT2D eigenvalue weighted by atomic mass is 16.5. The van der Waals surface area contributed by atoms with Crippen molar-refractivity contribution in [1.82, 2.24) is 10.1 Å². The molecule has 1 fully saturated rings. The van der Waals surface area contributed by atoms with E-state index in [1.807, 2.05) is 6.92 Å². The van der Waals surface area contributed by atoms with Crippen molar-refractivity contribution in [2.24, 2.45) is 5.92 Å². The van der Waals surface area contributed by atoms with Crippen molar-refractivity contribution in [3.05, 3.63) is 17.0 Å². The summed E-state index contributed by atoms with van der Waals surface area (Å²) in [4.78, 5) is 26.2. The number of ether oxygens (including phenoxy) is 1. The first-order valence-electron chi connectivity index (χ1n) is 7.49. The summed E-state index contributed by atoms with van der Waals surface area (Å²) in [5, 5.41) is 3.92. The van der Waals surface area contributed by atoms with Gasteiger partial charge in [-0.15, -0.1) is 0 Å². The highest BCUT2D eigenvalue weighted by molar-refractivity contribution is 5.96. The van der Waals surface area contributed by atoms with Crippen molar-refractivity contribution >= 4 is 11.9 Å². The van der Waals surface area contributed by atoms with Crippen LogP contribution in [0.25, 0.3) is 0 Å². The van der Waals surface area contributed by atoms with E-state index in [0.717, 1.165) is 12.8 Å². The summed E-state index contributed by atoms with van der Waals surface area (Å²) in [7, 11) is 0. The Balaban J connectivity index is 2.12. The van der Waals surface area contributed by atoms with Crippen LogP contribution in [-0.2, 0) is 16.0 Å². The van der Waals surface area contributed by atoms with Crippen LogP contribution < -0.4 is 0 Å². The first-order valence-corrected chi connectivity index (χ1v) is 7.49. The lowest BCUT2D eigenvalue weighted by Crippen LogP contribution is -2.43. The largest absolute Gasteiger partial charge is 0.466 e. The molecule has 1 aromatic heterocycles. The number of hydrogen-bond donors (Lipinski definition) is 0. The molecule has 0 N–H and O–H groups in total. The monoisotopic (exact) mass is 294 g/mol. The molecule has 1 amide bonds. The van der Waals surface area contributed by atoms with Gasteiger partial charge >= 0.3 is 5.97 Å². The van der Waals surface area contributed by atoms with Crippen molar-refractivity contribution in [3.63, 3.8) is 0 Å². The van der Waals surface area contributed by atoms with Crippen molar-refractivity contribution in [1.29, 1.82) is 0 Å². The Morgan fingerprint density at radius 2 is 2.19 bits per heavy atom. The Hall–Kier alpha value is -1.85. The van der Waals surface area contributed by atoms with Gasteiger partial charge in [0.15, 0.2) is 0 Å². The summed E-state index contributed by atoms with van der Waals surface area (Å²) < 4.78 is 10.2. The van der Waals surface area contributed by atoms with Gasteiger partial charge in [0.25, 0.3) is 5.91 Å². The van der Waals surface area contributed by atoms with E-state index in [1.165, 1.54) is 0 Å². The minimum Gasteiger partial charge on any atom is -0.466 e. The van der Waals surface area contributed by atoms with Gasteiger partial charge < -0.3 is 14.2 Å². The number of aromatic nitrogens is 1. The van der Waals surface area contributed by atoms with Crippen molar-refractivity contribution in [2.75, 3.05) is 19.7 Å². The maximum atomic E-state index is 12.7. The van der Waals surface area contributed by atoms with Crippen LogP contribution in [0.2, 0.25) is 0 Å². The predicted octanol–water partition coefficient (Wildman–Crippen LogP) is 1.96. The molecule has 2 rings (SSSR count). The number of rotatable bonds is 4. The molecular weight excluding hydrogens is 272 g/mol. The van der Waals surface area contributed by atoms with Gasteiger partial charge in [0.1, 0.15) is 11.3 Å². The van der Waals surface area contributed by atoms with Gasteiger partial charge in [-0.2, -0.15) is 0 Å². The van der Waals surface area contributed by atoms with Gasteiger partial charge in [0, 0.05) is 13.1 Å². The number of piperidine rings is 1. The Labute approximate surface area is 124 Å². The molecule has 1 aromatic rings. The minimum absolute atomic E-state index is 0.0976. The highest BCUT2D eigenvalue weighted by Gasteiger charge is 2.32. The normalized spacial score (nSPS) is 18.6. The number of hydrogen-bond acceptors (Lipinski definition) is 5. The second-order valence-electron chi connectivity index (χ2n) is 5.26. The predicted molar refractivity (Wildman–Crippen MR) is 75.9 cm³/mol. The molecule has 0 aromatic carbocycles. The number of aryl methyl sites for hydroxylation is 2. The number of nitrogens with zero attached hydrogens (tertiary/aromatic N) is 2. The third-order valence-electron chi connectivity index (χ3n) is 3.81. The lowest BCUT2D eigenvalue weighted by atomic mass is 9.97. The molecule has 1 aliphatic rings. The van der Waals surface area contributed by atoms with Gasteiger partial charge in [0.05, 0.1) is 18.2 Å². The van der Waals surface area contributed by atoms with E-state index in [-0.39, 0.29) is 17.8 Å². The van der Waals surface area contributed by atoms with Crippen LogP contribution in [0.1, 0.15) is 48.5 Å². The zero-order valence-corrected chi connectivity index (χ0v) is 12.8. The first-order chi connectivity index (χ1) is 10.1. The van der Waals surface area contributed by atoms with E-state index < -0.39 is 0 Å². The average molecular weight is 294 g/mol. The molecule has 21 heavy (non-hydrogen) atoms. The molecular formula is C15H22N2O4. The summed E-state index contributed by atoms with van der Waals surface area (Å²) in [6.07, 6.45) is 2.22. The second kappa shape index (κ2) is 6.74. The summed E-state index contributed by atoms with van der Waals surface area (Å²) in [6, 6.07) is 0. The number of carbonyl (C=O) groups excluding carboxylic acids is 2. The zero-order valence-electron chi connectivity index (χ0n) is 12.8. The molecule has 6 nitrogen and oxygen atoms in total. The summed E-state index contributed by atoms with van der Waals surface area (Å²) in [5.74, 6) is -0.00430. The summed E-state index contributed by atoms with van der Waals surface area (Å²) in [6.45, 7) is 6.90. The molecule has 0 radical (unpaired) electrons. The maximum absolute atomic E-state index is 12.7. The number of amides is 1. The van der Waals surface area contributed by atoms with Crippen LogP contribution in [0.15, 0.2) is 4.52 Å². The van der Waals surface area contributed by atoms with Crippen LogP contribution >= 0.6 is 0 Å². The second-order valence-corrected chi connectivity index (χ2v) is 5.26. The number of carbonyl (C=O) groups is 2. The third kappa shape index (κ3) is 3.25. The van der Waals surface area contributed by atoms with Gasteiger partial charge in [-0.3, -0.25) is 9.59 Å². The van der Waals surface area contributed by atoms with E-state index in [1.54, 1.807) is 18.7 Å².